The number of nitrogens with zero attached hydrogens (tertiary/aromatic N) is 2. The molecule has 0 spiro atoms. The van der Waals surface area contributed by atoms with Crippen LogP contribution in [0.4, 0.5) is 25.8 Å². The van der Waals surface area contributed by atoms with Crippen LogP contribution in [0, 0.1) is 11.6 Å². The third-order valence-electron chi connectivity index (χ3n) is 6.01. The Labute approximate surface area is 189 Å². The van der Waals surface area contributed by atoms with Crippen LogP contribution in [0.25, 0.3) is 10.8 Å². The highest BCUT2D eigenvalue weighted by Gasteiger charge is 2.41. The molecular weight excluding hydrogens is 426 g/mol. The molecule has 0 saturated heterocycles. The molecule has 3 aromatic carbocycles. The van der Waals surface area contributed by atoms with E-state index in [1.165, 1.54) is 6.07 Å². The lowest BCUT2D eigenvalue weighted by atomic mass is 10.0. The molecule has 8 heteroatoms. The van der Waals surface area contributed by atoms with Gasteiger partial charge in [0.25, 0.3) is 5.91 Å². The first-order valence-corrected chi connectivity index (χ1v) is 10.7. The van der Waals surface area contributed by atoms with Gasteiger partial charge in [-0.25, -0.2) is 8.78 Å². The molecule has 0 aliphatic carbocycles. The molecule has 0 aromatic heterocycles. The summed E-state index contributed by atoms with van der Waals surface area (Å²) in [6, 6.07) is 15.4. The number of likely N-dealkylation sites (N-methyl/N-ethyl adjacent to an activating group) is 1. The van der Waals surface area contributed by atoms with E-state index < -0.39 is 23.2 Å². The molecular formula is C25H22F2N4O2. The van der Waals surface area contributed by atoms with Gasteiger partial charge >= 0.3 is 0 Å². The third-order valence-corrected chi connectivity index (χ3v) is 6.01. The van der Waals surface area contributed by atoms with Gasteiger partial charge in [0.2, 0.25) is 0 Å². The summed E-state index contributed by atoms with van der Waals surface area (Å²) in [7, 11) is 1.82. The molecule has 168 valence electrons. The number of para-hydroxylation sites is 1. The van der Waals surface area contributed by atoms with E-state index in [2.05, 4.69) is 10.6 Å². The molecule has 2 heterocycles. The minimum atomic E-state index is -0.901. The van der Waals surface area contributed by atoms with Gasteiger partial charge in [-0.05, 0) is 42.1 Å². The van der Waals surface area contributed by atoms with E-state index in [0.717, 1.165) is 34.3 Å². The number of anilines is 3. The standard InChI is InChI=1S/C25H22F2N4O2/c1-28-10-12-31-20-14-16-6-3-2-5-15(16)13-19(20)30-11-9-21(32)22(25(30)31)24(33)29-23-17(26)7-4-8-18(23)27/h2-8,13-14,28H,9-12H2,1H3,(H,29,33). The summed E-state index contributed by atoms with van der Waals surface area (Å²) in [6.45, 7) is 1.53. The molecule has 0 bridgehead atoms. The first kappa shape index (κ1) is 21.1. The number of hydrogen-bond donors (Lipinski definition) is 2. The van der Waals surface area contributed by atoms with Gasteiger partial charge in [0.05, 0.1) is 11.4 Å². The summed E-state index contributed by atoms with van der Waals surface area (Å²) in [5, 5.41) is 7.47. The Morgan fingerprint density at radius 3 is 2.33 bits per heavy atom. The molecule has 6 nitrogen and oxygen atoms in total. The Morgan fingerprint density at radius 2 is 1.67 bits per heavy atom. The third kappa shape index (κ3) is 3.52. The maximum absolute atomic E-state index is 14.2. The van der Waals surface area contributed by atoms with Crippen molar-refractivity contribution in [1.82, 2.24) is 5.32 Å². The molecule has 2 aliphatic heterocycles. The van der Waals surface area contributed by atoms with Crippen molar-refractivity contribution in [1.29, 1.82) is 0 Å². The number of carbonyl (C=O) groups excluding carboxylic acids is 2. The number of Topliss-reactive ketones (excluding diaryl/α,β-unsaturated/α-hetero) is 1. The molecule has 5 rings (SSSR count). The normalized spacial score (nSPS) is 15.2. The predicted octanol–water partition coefficient (Wildman–Crippen LogP) is 3.79. The minimum Gasteiger partial charge on any atom is -0.325 e. The summed E-state index contributed by atoms with van der Waals surface area (Å²) in [4.78, 5) is 30.1. The van der Waals surface area contributed by atoms with Crippen LogP contribution in [0.1, 0.15) is 6.42 Å². The van der Waals surface area contributed by atoms with Gasteiger partial charge in [-0.15, -0.1) is 0 Å². The first-order valence-electron chi connectivity index (χ1n) is 10.7. The molecule has 1 amide bonds. The van der Waals surface area contributed by atoms with E-state index in [9.17, 15) is 18.4 Å². The van der Waals surface area contributed by atoms with E-state index >= 15 is 0 Å². The maximum atomic E-state index is 14.2. The van der Waals surface area contributed by atoms with Crippen molar-refractivity contribution < 1.29 is 18.4 Å². The zero-order valence-corrected chi connectivity index (χ0v) is 18.0. The van der Waals surface area contributed by atoms with E-state index in [0.29, 0.717) is 25.5 Å². The predicted molar refractivity (Wildman–Crippen MR) is 124 cm³/mol. The number of benzene rings is 3. The van der Waals surface area contributed by atoms with Gasteiger partial charge in [-0.3, -0.25) is 9.59 Å². The first-order chi connectivity index (χ1) is 16.0. The largest absolute Gasteiger partial charge is 0.325 e. The molecule has 0 atom stereocenters. The number of carbonyl (C=O) groups is 2. The second-order valence-electron chi connectivity index (χ2n) is 8.02. The van der Waals surface area contributed by atoms with E-state index in [-0.39, 0.29) is 17.8 Å². The number of amides is 1. The maximum Gasteiger partial charge on any atom is 0.263 e. The van der Waals surface area contributed by atoms with Gasteiger partial charge in [0.15, 0.2) is 5.78 Å². The highest BCUT2D eigenvalue weighted by Crippen LogP contribution is 2.46. The Kier molecular flexibility index (Phi) is 5.30. The summed E-state index contributed by atoms with van der Waals surface area (Å²) < 4.78 is 28.4. The number of ketones is 1. The lowest BCUT2D eigenvalue weighted by Gasteiger charge is -2.31. The average Bonchev–Trinajstić information content (AvgIpc) is 3.10. The van der Waals surface area contributed by atoms with Crippen LogP contribution >= 0.6 is 0 Å². The molecule has 0 unspecified atom stereocenters. The molecule has 0 radical (unpaired) electrons. The lowest BCUT2D eigenvalue weighted by Crippen LogP contribution is -2.42. The molecule has 2 N–H and O–H groups in total. The fraction of sp³-hybridized carbons (Fsp3) is 0.200. The lowest BCUT2D eigenvalue weighted by molar-refractivity contribution is -0.120. The second-order valence-corrected chi connectivity index (χ2v) is 8.02. The average molecular weight is 448 g/mol. The topological polar surface area (TPSA) is 64.7 Å². The summed E-state index contributed by atoms with van der Waals surface area (Å²) in [5.74, 6) is -2.54. The Balaban J connectivity index is 1.65. The van der Waals surface area contributed by atoms with Crippen LogP contribution in [0.3, 0.4) is 0 Å². The fourth-order valence-corrected chi connectivity index (χ4v) is 4.45. The van der Waals surface area contributed by atoms with Crippen molar-refractivity contribution in [2.45, 2.75) is 6.42 Å². The number of fused-ring (bicyclic) bond motifs is 4. The number of rotatable bonds is 5. The zero-order valence-electron chi connectivity index (χ0n) is 18.0. The fourth-order valence-electron chi connectivity index (χ4n) is 4.45. The molecule has 3 aromatic rings. The Morgan fingerprint density at radius 1 is 1.00 bits per heavy atom. The molecule has 33 heavy (non-hydrogen) atoms. The van der Waals surface area contributed by atoms with Crippen molar-refractivity contribution in [3.05, 3.63) is 77.6 Å². The van der Waals surface area contributed by atoms with Crippen LogP contribution in [0.5, 0.6) is 0 Å². The van der Waals surface area contributed by atoms with Gasteiger partial charge in [-0.1, -0.05) is 30.3 Å². The van der Waals surface area contributed by atoms with Gasteiger partial charge in [0, 0.05) is 26.1 Å². The van der Waals surface area contributed by atoms with Crippen LogP contribution < -0.4 is 20.4 Å². The molecule has 0 saturated carbocycles. The highest BCUT2D eigenvalue weighted by atomic mass is 19.1. The Bertz CT molecular complexity index is 1300. The minimum absolute atomic E-state index is 0.0970. The van der Waals surface area contributed by atoms with E-state index in [1.54, 1.807) is 0 Å². The summed E-state index contributed by atoms with van der Waals surface area (Å²) >= 11 is 0. The smallest absolute Gasteiger partial charge is 0.263 e. The number of nitrogens with one attached hydrogen (secondary N) is 2. The number of halogens is 2. The van der Waals surface area contributed by atoms with Crippen LogP contribution in [0.2, 0.25) is 0 Å². The van der Waals surface area contributed by atoms with Crippen molar-refractivity contribution in [2.75, 3.05) is 41.8 Å². The highest BCUT2D eigenvalue weighted by molar-refractivity contribution is 6.26. The van der Waals surface area contributed by atoms with Crippen molar-refractivity contribution in [2.24, 2.45) is 0 Å². The van der Waals surface area contributed by atoms with E-state index in [1.807, 2.05) is 53.2 Å². The van der Waals surface area contributed by atoms with Gasteiger partial charge < -0.3 is 20.4 Å². The Hall–Kier alpha value is -3.78. The van der Waals surface area contributed by atoms with E-state index in [4.69, 9.17) is 0 Å². The SMILES string of the molecule is CNCCN1C2=C(C(=O)Nc3c(F)cccc3F)C(=O)CCN2c2cc3ccccc3cc21. The second kappa shape index (κ2) is 8.29. The van der Waals surface area contributed by atoms with Crippen LogP contribution in [-0.4, -0.2) is 38.4 Å². The summed E-state index contributed by atoms with van der Waals surface area (Å²) in [5.41, 5.74) is 1.12. The van der Waals surface area contributed by atoms with Gasteiger partial charge in [0.1, 0.15) is 28.7 Å². The molecule has 0 fully saturated rings. The van der Waals surface area contributed by atoms with Crippen molar-refractivity contribution >= 4 is 39.5 Å². The van der Waals surface area contributed by atoms with Gasteiger partial charge in [-0.2, -0.15) is 0 Å². The van der Waals surface area contributed by atoms with Crippen molar-refractivity contribution in [3.63, 3.8) is 0 Å². The quantitative estimate of drug-likeness (QED) is 0.582. The van der Waals surface area contributed by atoms with Crippen molar-refractivity contribution in [3.8, 4) is 0 Å². The van der Waals surface area contributed by atoms with Crippen LogP contribution in [0.15, 0.2) is 66.0 Å². The number of hydrogen-bond acceptors (Lipinski definition) is 5. The zero-order chi connectivity index (χ0) is 23.1. The summed E-state index contributed by atoms with van der Waals surface area (Å²) in [6.07, 6.45) is 0.123. The van der Waals surface area contributed by atoms with Crippen LogP contribution in [-0.2, 0) is 9.59 Å². The molecule has 2 aliphatic rings. The monoisotopic (exact) mass is 448 g/mol.